The van der Waals surface area contributed by atoms with Crippen LogP contribution in [0.4, 0.5) is 0 Å². The van der Waals surface area contributed by atoms with E-state index in [1.54, 1.807) is 11.3 Å². The molecule has 1 aliphatic carbocycles. The van der Waals surface area contributed by atoms with Crippen molar-refractivity contribution < 1.29 is 14.3 Å². The molecule has 4 nitrogen and oxygen atoms in total. The summed E-state index contributed by atoms with van der Waals surface area (Å²) in [5.74, 6) is 0.538. The predicted octanol–water partition coefficient (Wildman–Crippen LogP) is 3.70. The number of unbranched alkanes of at least 4 members (excludes halogenated alkanes) is 1. The zero-order valence-corrected chi connectivity index (χ0v) is 14.9. The average molecular weight is 337 g/mol. The van der Waals surface area contributed by atoms with Crippen LogP contribution in [0.2, 0.25) is 0 Å². The highest BCUT2D eigenvalue weighted by molar-refractivity contribution is 7.13. The summed E-state index contributed by atoms with van der Waals surface area (Å²) in [6.45, 7) is 5.18. The van der Waals surface area contributed by atoms with Gasteiger partial charge in [0.1, 0.15) is 4.88 Å². The summed E-state index contributed by atoms with van der Waals surface area (Å²) in [6.07, 6.45) is 7.05. The fourth-order valence-corrected chi connectivity index (χ4v) is 4.26. The molecule has 1 saturated heterocycles. The SMILES string of the molecule is CCCC[C@@H]1CN(Cc2ccc(C(=O)OC)s2)C[C@H](C2CC2)O1. The van der Waals surface area contributed by atoms with Gasteiger partial charge in [0.25, 0.3) is 0 Å². The number of rotatable bonds is 7. The highest BCUT2D eigenvalue weighted by Gasteiger charge is 2.38. The maximum atomic E-state index is 11.6. The summed E-state index contributed by atoms with van der Waals surface area (Å²) >= 11 is 1.55. The second-order valence-corrected chi connectivity index (χ2v) is 7.90. The van der Waals surface area contributed by atoms with Crippen LogP contribution in [0.3, 0.4) is 0 Å². The molecule has 0 N–H and O–H groups in total. The van der Waals surface area contributed by atoms with E-state index >= 15 is 0 Å². The first-order valence-electron chi connectivity index (χ1n) is 8.74. The lowest BCUT2D eigenvalue weighted by molar-refractivity contribution is -0.0991. The lowest BCUT2D eigenvalue weighted by atomic mass is 10.1. The van der Waals surface area contributed by atoms with Gasteiger partial charge >= 0.3 is 5.97 Å². The molecule has 2 atom stereocenters. The first-order chi connectivity index (χ1) is 11.2. The molecule has 0 radical (unpaired) electrons. The molecule has 1 saturated carbocycles. The molecule has 0 bridgehead atoms. The molecule has 23 heavy (non-hydrogen) atoms. The topological polar surface area (TPSA) is 38.8 Å². The van der Waals surface area contributed by atoms with E-state index in [0.29, 0.717) is 17.1 Å². The summed E-state index contributed by atoms with van der Waals surface area (Å²) in [7, 11) is 1.43. The molecule has 1 aliphatic heterocycles. The monoisotopic (exact) mass is 337 g/mol. The van der Waals surface area contributed by atoms with E-state index in [-0.39, 0.29) is 5.97 Å². The Kier molecular flexibility index (Phi) is 5.72. The number of carbonyl (C=O) groups is 1. The normalized spacial score (nSPS) is 25.5. The molecule has 1 aromatic heterocycles. The van der Waals surface area contributed by atoms with Crippen molar-refractivity contribution in [2.45, 2.75) is 57.8 Å². The van der Waals surface area contributed by atoms with Gasteiger partial charge < -0.3 is 9.47 Å². The second-order valence-electron chi connectivity index (χ2n) is 6.73. The number of hydrogen-bond donors (Lipinski definition) is 0. The number of hydrogen-bond acceptors (Lipinski definition) is 5. The quantitative estimate of drug-likeness (QED) is 0.711. The Bertz CT molecular complexity index is 526. The molecular weight excluding hydrogens is 310 g/mol. The van der Waals surface area contributed by atoms with Gasteiger partial charge in [0, 0.05) is 24.5 Å². The highest BCUT2D eigenvalue weighted by Crippen LogP contribution is 2.37. The summed E-state index contributed by atoms with van der Waals surface area (Å²) in [6, 6.07) is 3.93. The van der Waals surface area contributed by atoms with Crippen molar-refractivity contribution in [2.24, 2.45) is 5.92 Å². The van der Waals surface area contributed by atoms with Crippen molar-refractivity contribution in [2.75, 3.05) is 20.2 Å². The zero-order valence-electron chi connectivity index (χ0n) is 14.1. The predicted molar refractivity (Wildman–Crippen MR) is 91.8 cm³/mol. The third-order valence-corrected chi connectivity index (χ3v) is 5.77. The van der Waals surface area contributed by atoms with Crippen LogP contribution in [0.25, 0.3) is 0 Å². The van der Waals surface area contributed by atoms with E-state index in [0.717, 1.165) is 32.0 Å². The molecule has 128 valence electrons. The lowest BCUT2D eigenvalue weighted by Crippen LogP contribution is -2.47. The summed E-state index contributed by atoms with van der Waals surface area (Å²) in [4.78, 5) is 16.0. The van der Waals surface area contributed by atoms with Gasteiger partial charge in [-0.25, -0.2) is 4.79 Å². The van der Waals surface area contributed by atoms with Gasteiger partial charge in [-0.15, -0.1) is 11.3 Å². The minimum Gasteiger partial charge on any atom is -0.465 e. The maximum absolute atomic E-state index is 11.6. The first-order valence-corrected chi connectivity index (χ1v) is 9.56. The molecule has 0 aromatic carbocycles. The number of morpholine rings is 1. The van der Waals surface area contributed by atoms with E-state index in [1.165, 1.54) is 37.7 Å². The molecule has 0 amide bonds. The third kappa shape index (κ3) is 4.55. The average Bonchev–Trinajstić information content (AvgIpc) is 3.32. The molecule has 2 heterocycles. The molecule has 0 spiro atoms. The zero-order chi connectivity index (χ0) is 16.2. The Morgan fingerprint density at radius 1 is 1.39 bits per heavy atom. The largest absolute Gasteiger partial charge is 0.465 e. The summed E-state index contributed by atoms with van der Waals surface area (Å²) in [5, 5.41) is 0. The van der Waals surface area contributed by atoms with Gasteiger partial charge in [0.15, 0.2) is 0 Å². The van der Waals surface area contributed by atoms with Crippen LogP contribution in [0, 0.1) is 5.92 Å². The van der Waals surface area contributed by atoms with Crippen LogP contribution in [-0.4, -0.2) is 43.3 Å². The van der Waals surface area contributed by atoms with Gasteiger partial charge in [-0.2, -0.15) is 0 Å². The highest BCUT2D eigenvalue weighted by atomic mass is 32.1. The Morgan fingerprint density at radius 3 is 2.91 bits per heavy atom. The minimum absolute atomic E-state index is 0.236. The van der Waals surface area contributed by atoms with Crippen LogP contribution in [0.15, 0.2) is 12.1 Å². The molecule has 2 aliphatic rings. The smallest absolute Gasteiger partial charge is 0.348 e. The number of methoxy groups -OCH3 is 1. The Morgan fingerprint density at radius 2 is 2.22 bits per heavy atom. The number of nitrogens with zero attached hydrogens (tertiary/aromatic N) is 1. The van der Waals surface area contributed by atoms with Crippen LogP contribution >= 0.6 is 11.3 Å². The van der Waals surface area contributed by atoms with Crippen LogP contribution < -0.4 is 0 Å². The number of thiophene rings is 1. The summed E-state index contributed by atoms with van der Waals surface area (Å²) in [5.41, 5.74) is 0. The fourth-order valence-electron chi connectivity index (χ4n) is 3.29. The van der Waals surface area contributed by atoms with E-state index < -0.39 is 0 Å². The van der Waals surface area contributed by atoms with Crippen molar-refractivity contribution >= 4 is 17.3 Å². The van der Waals surface area contributed by atoms with Crippen molar-refractivity contribution in [3.8, 4) is 0 Å². The number of carbonyl (C=O) groups excluding carboxylic acids is 1. The molecule has 2 fully saturated rings. The van der Waals surface area contributed by atoms with Crippen molar-refractivity contribution in [3.63, 3.8) is 0 Å². The summed E-state index contributed by atoms with van der Waals surface area (Å²) < 4.78 is 11.1. The standard InChI is InChI=1S/C18H27NO3S/c1-3-4-5-14-10-19(12-16(22-14)13-6-7-13)11-15-8-9-17(23-15)18(20)21-2/h8-9,13-14,16H,3-7,10-12H2,1-2H3/t14-,16-/m1/s1. The number of ether oxygens (including phenoxy) is 2. The first kappa shape index (κ1) is 16.9. The molecule has 0 unspecified atom stereocenters. The van der Waals surface area contributed by atoms with E-state index in [2.05, 4.69) is 17.9 Å². The molecule has 1 aromatic rings. The Labute approximate surface area is 142 Å². The molecule has 5 heteroatoms. The lowest BCUT2D eigenvalue weighted by Gasteiger charge is -2.38. The van der Waals surface area contributed by atoms with Crippen molar-refractivity contribution in [3.05, 3.63) is 21.9 Å². The third-order valence-electron chi connectivity index (χ3n) is 4.72. The van der Waals surface area contributed by atoms with Crippen molar-refractivity contribution in [1.82, 2.24) is 4.90 Å². The maximum Gasteiger partial charge on any atom is 0.348 e. The Hall–Kier alpha value is -0.910. The number of esters is 1. The van der Waals surface area contributed by atoms with Crippen molar-refractivity contribution in [1.29, 1.82) is 0 Å². The van der Waals surface area contributed by atoms with Gasteiger partial charge in [-0.1, -0.05) is 19.8 Å². The molecular formula is C18H27NO3S. The second kappa shape index (κ2) is 7.77. The van der Waals surface area contributed by atoms with Crippen LogP contribution in [0.5, 0.6) is 0 Å². The van der Waals surface area contributed by atoms with Gasteiger partial charge in [-0.05, 0) is 37.3 Å². The Balaban J connectivity index is 1.60. The van der Waals surface area contributed by atoms with Gasteiger partial charge in [0.05, 0.1) is 19.3 Å². The molecule has 3 rings (SSSR count). The van der Waals surface area contributed by atoms with Crippen LogP contribution in [-0.2, 0) is 16.0 Å². The van der Waals surface area contributed by atoms with E-state index in [9.17, 15) is 4.79 Å². The minimum atomic E-state index is -0.236. The van der Waals surface area contributed by atoms with E-state index in [1.807, 2.05) is 6.07 Å². The van der Waals surface area contributed by atoms with Crippen LogP contribution in [0.1, 0.15) is 53.6 Å². The van der Waals surface area contributed by atoms with E-state index in [4.69, 9.17) is 9.47 Å². The van der Waals surface area contributed by atoms with Gasteiger partial charge in [-0.3, -0.25) is 4.90 Å². The fraction of sp³-hybridized carbons (Fsp3) is 0.722. The van der Waals surface area contributed by atoms with Gasteiger partial charge in [0.2, 0.25) is 0 Å².